The topological polar surface area (TPSA) is 102 Å². The number of nitrogens with one attached hydrogen (secondary N) is 1. The van der Waals surface area contributed by atoms with E-state index in [0.717, 1.165) is 0 Å². The molecule has 8 nitrogen and oxygen atoms in total. The van der Waals surface area contributed by atoms with E-state index in [4.69, 9.17) is 9.47 Å². The Bertz CT molecular complexity index is 811. The Kier molecular flexibility index (Phi) is 4.91. The van der Waals surface area contributed by atoms with Crippen LogP contribution in [0.5, 0.6) is 5.75 Å². The summed E-state index contributed by atoms with van der Waals surface area (Å²) in [5, 5.41) is 2.27. The number of rotatable bonds is 4. The fourth-order valence-corrected chi connectivity index (χ4v) is 3.21. The Balaban J connectivity index is 1.74. The molecule has 1 saturated heterocycles. The molecule has 0 spiro atoms. The van der Waals surface area contributed by atoms with Crippen molar-refractivity contribution in [2.45, 2.75) is 51.8 Å². The lowest BCUT2D eigenvalue weighted by atomic mass is 10.0. The van der Waals surface area contributed by atoms with Crippen LogP contribution in [0, 0.1) is 0 Å². The van der Waals surface area contributed by atoms with E-state index >= 15 is 0 Å². The van der Waals surface area contributed by atoms with Crippen molar-refractivity contribution in [1.29, 1.82) is 0 Å². The quantitative estimate of drug-likeness (QED) is 0.627. The van der Waals surface area contributed by atoms with Gasteiger partial charge in [-0.25, -0.2) is 4.79 Å². The first-order valence-electron chi connectivity index (χ1n) is 8.77. The third-order valence-corrected chi connectivity index (χ3v) is 4.28. The molecular weight excluding hydrogens is 352 g/mol. The summed E-state index contributed by atoms with van der Waals surface area (Å²) >= 11 is 0. The van der Waals surface area contributed by atoms with Crippen molar-refractivity contribution in [3.63, 3.8) is 0 Å². The summed E-state index contributed by atoms with van der Waals surface area (Å²) in [6.07, 6.45) is 0.483. The third kappa shape index (κ3) is 4.10. The number of amides is 3. The zero-order valence-corrected chi connectivity index (χ0v) is 15.5. The first-order valence-corrected chi connectivity index (χ1v) is 8.77. The normalized spacial score (nSPS) is 19.6. The Hall–Kier alpha value is -2.90. The highest BCUT2D eigenvalue weighted by atomic mass is 16.6. The van der Waals surface area contributed by atoms with Crippen molar-refractivity contribution in [2.75, 3.05) is 6.61 Å². The number of carbonyl (C=O) groups is 4. The highest BCUT2D eigenvalue weighted by Crippen LogP contribution is 2.33. The van der Waals surface area contributed by atoms with Crippen LogP contribution < -0.4 is 10.1 Å². The maximum absolute atomic E-state index is 12.9. The Morgan fingerprint density at radius 3 is 2.67 bits per heavy atom. The molecule has 0 bridgehead atoms. The minimum Gasteiger partial charge on any atom is -0.481 e. The predicted octanol–water partition coefficient (Wildman–Crippen LogP) is 1.17. The smallest absolute Gasteiger partial charge is 0.344 e. The summed E-state index contributed by atoms with van der Waals surface area (Å²) in [6.45, 7) is 5.20. The lowest BCUT2D eigenvalue weighted by Crippen LogP contribution is -2.52. The second-order valence-corrected chi connectivity index (χ2v) is 7.57. The van der Waals surface area contributed by atoms with Crippen molar-refractivity contribution >= 4 is 23.7 Å². The standard InChI is InChI=1S/C19H22N2O6/c1-19(2,3)27-15(23)10-26-13-6-4-5-11-9-21(18(25)16(11)13)12-7-8-14(22)20-17(12)24/h4-6,12H,7-10H2,1-3H3,(H,20,22,24). The van der Waals surface area contributed by atoms with Gasteiger partial charge in [0.05, 0.1) is 5.56 Å². The summed E-state index contributed by atoms with van der Waals surface area (Å²) in [5.41, 5.74) is 0.425. The van der Waals surface area contributed by atoms with Crippen LogP contribution in [0.3, 0.4) is 0 Å². The highest BCUT2D eigenvalue weighted by molar-refractivity contribution is 6.06. The van der Waals surface area contributed by atoms with E-state index in [1.807, 2.05) is 0 Å². The zero-order valence-electron chi connectivity index (χ0n) is 15.5. The molecule has 0 aliphatic carbocycles. The molecule has 0 aromatic heterocycles. The SMILES string of the molecule is CC(C)(C)OC(=O)COc1cccc2c1C(=O)N(C1CCC(=O)NC1=O)C2. The summed E-state index contributed by atoms with van der Waals surface area (Å²) < 4.78 is 10.7. The largest absolute Gasteiger partial charge is 0.481 e. The van der Waals surface area contributed by atoms with Gasteiger partial charge in [-0.05, 0) is 38.8 Å². The number of esters is 1. The molecule has 2 aliphatic rings. The third-order valence-electron chi connectivity index (χ3n) is 4.28. The molecule has 0 saturated carbocycles. The molecular formula is C19H22N2O6. The monoisotopic (exact) mass is 374 g/mol. The Labute approximate surface area is 156 Å². The van der Waals surface area contributed by atoms with Crippen molar-refractivity contribution in [1.82, 2.24) is 10.2 Å². The second-order valence-electron chi connectivity index (χ2n) is 7.57. The highest BCUT2D eigenvalue weighted by Gasteiger charge is 2.40. The van der Waals surface area contributed by atoms with E-state index in [9.17, 15) is 19.2 Å². The Morgan fingerprint density at radius 1 is 1.26 bits per heavy atom. The van der Waals surface area contributed by atoms with Gasteiger partial charge in [-0.3, -0.25) is 19.7 Å². The molecule has 2 aliphatic heterocycles. The maximum atomic E-state index is 12.9. The van der Waals surface area contributed by atoms with Crippen molar-refractivity contribution in [2.24, 2.45) is 0 Å². The van der Waals surface area contributed by atoms with Gasteiger partial charge >= 0.3 is 5.97 Å². The molecule has 144 valence electrons. The molecule has 27 heavy (non-hydrogen) atoms. The van der Waals surface area contributed by atoms with E-state index in [1.165, 1.54) is 4.90 Å². The first kappa shape index (κ1) is 18.9. The molecule has 8 heteroatoms. The number of hydrogen-bond donors (Lipinski definition) is 1. The predicted molar refractivity (Wildman–Crippen MR) is 93.8 cm³/mol. The van der Waals surface area contributed by atoms with Crippen LogP contribution in [-0.2, 0) is 25.7 Å². The first-order chi connectivity index (χ1) is 12.7. The minimum atomic E-state index is -0.693. The number of imide groups is 1. The molecule has 1 aromatic carbocycles. The van der Waals surface area contributed by atoms with Crippen molar-refractivity contribution in [3.8, 4) is 5.75 Å². The fraction of sp³-hybridized carbons (Fsp3) is 0.474. The zero-order chi connectivity index (χ0) is 19.8. The molecule has 1 fully saturated rings. The number of benzene rings is 1. The lowest BCUT2D eigenvalue weighted by Gasteiger charge is -2.29. The molecule has 0 radical (unpaired) electrons. The van der Waals surface area contributed by atoms with Gasteiger partial charge in [0.1, 0.15) is 17.4 Å². The summed E-state index contributed by atoms with van der Waals surface area (Å²) in [6, 6.07) is 4.42. The number of nitrogens with zero attached hydrogens (tertiary/aromatic N) is 1. The number of carbonyl (C=O) groups excluding carboxylic acids is 4. The lowest BCUT2D eigenvalue weighted by molar-refractivity contribution is -0.157. The summed E-state index contributed by atoms with van der Waals surface area (Å²) in [4.78, 5) is 49.6. The van der Waals surface area contributed by atoms with Crippen molar-refractivity contribution < 1.29 is 28.7 Å². The summed E-state index contributed by atoms with van der Waals surface area (Å²) in [7, 11) is 0. The number of fused-ring (bicyclic) bond motifs is 1. The van der Waals surface area contributed by atoms with Crippen LogP contribution >= 0.6 is 0 Å². The molecule has 3 amide bonds. The van der Waals surface area contributed by atoms with Crippen LogP contribution in [-0.4, -0.2) is 46.8 Å². The van der Waals surface area contributed by atoms with Crippen LogP contribution in [0.4, 0.5) is 0 Å². The van der Waals surface area contributed by atoms with Gasteiger partial charge < -0.3 is 14.4 Å². The molecule has 3 rings (SSSR count). The van der Waals surface area contributed by atoms with Gasteiger partial charge in [0.25, 0.3) is 5.91 Å². The average molecular weight is 374 g/mol. The minimum absolute atomic E-state index is 0.193. The second kappa shape index (κ2) is 7.02. The molecule has 1 atom stereocenters. The average Bonchev–Trinajstić information content (AvgIpc) is 2.89. The van der Waals surface area contributed by atoms with Gasteiger partial charge in [0, 0.05) is 13.0 Å². The van der Waals surface area contributed by atoms with Crippen LogP contribution in [0.2, 0.25) is 0 Å². The van der Waals surface area contributed by atoms with Gasteiger partial charge in [0.2, 0.25) is 11.8 Å². The van der Waals surface area contributed by atoms with Crippen molar-refractivity contribution in [3.05, 3.63) is 29.3 Å². The van der Waals surface area contributed by atoms with E-state index in [2.05, 4.69) is 5.32 Å². The van der Waals surface area contributed by atoms with Gasteiger partial charge in [-0.2, -0.15) is 0 Å². The summed E-state index contributed by atoms with van der Waals surface area (Å²) in [5.74, 6) is -1.41. The molecule has 2 heterocycles. The van der Waals surface area contributed by atoms with Gasteiger partial charge in [-0.1, -0.05) is 12.1 Å². The fourth-order valence-electron chi connectivity index (χ4n) is 3.21. The van der Waals surface area contributed by atoms with Crippen LogP contribution in [0.25, 0.3) is 0 Å². The molecule has 1 N–H and O–H groups in total. The molecule has 1 aromatic rings. The van der Waals surface area contributed by atoms with E-state index in [1.54, 1.807) is 39.0 Å². The maximum Gasteiger partial charge on any atom is 0.344 e. The molecule has 1 unspecified atom stereocenters. The van der Waals surface area contributed by atoms with E-state index in [-0.39, 0.29) is 37.1 Å². The van der Waals surface area contributed by atoms with Crippen LogP contribution in [0.15, 0.2) is 18.2 Å². The number of ether oxygens (including phenoxy) is 2. The van der Waals surface area contributed by atoms with E-state index in [0.29, 0.717) is 17.5 Å². The van der Waals surface area contributed by atoms with Gasteiger partial charge in [0.15, 0.2) is 6.61 Å². The number of piperidine rings is 1. The van der Waals surface area contributed by atoms with Crippen LogP contribution in [0.1, 0.15) is 49.5 Å². The van der Waals surface area contributed by atoms with Gasteiger partial charge in [-0.15, -0.1) is 0 Å². The Morgan fingerprint density at radius 2 is 2.00 bits per heavy atom. The number of hydrogen-bond acceptors (Lipinski definition) is 6. The van der Waals surface area contributed by atoms with E-state index < -0.39 is 23.5 Å².